The lowest BCUT2D eigenvalue weighted by Crippen LogP contribution is -1.97. The van der Waals surface area contributed by atoms with Gasteiger partial charge in [0.05, 0.1) is 0 Å². The van der Waals surface area contributed by atoms with Gasteiger partial charge < -0.3 is 0 Å². The van der Waals surface area contributed by atoms with Crippen LogP contribution in [-0.4, -0.2) is 48.0 Å². The summed E-state index contributed by atoms with van der Waals surface area (Å²) in [4.78, 5) is 0. The Hall–Kier alpha value is 1.40. The van der Waals surface area contributed by atoms with Crippen molar-refractivity contribution in [3.8, 4) is 0 Å². The van der Waals surface area contributed by atoms with Crippen LogP contribution in [0.5, 0.6) is 0 Å². The molecule has 4 heteroatoms. The molecule has 0 amide bonds. The summed E-state index contributed by atoms with van der Waals surface area (Å²) in [6.45, 7) is 0. The van der Waals surface area contributed by atoms with E-state index in [1.807, 2.05) is 25.0 Å². The fraction of sp³-hybridized carbons (Fsp3) is 1.00. The van der Waals surface area contributed by atoms with Gasteiger partial charge in [-0.05, 0) is 25.0 Å². The number of hydrogen-bond acceptors (Lipinski definition) is 4. The van der Waals surface area contributed by atoms with Gasteiger partial charge >= 0.3 is 0 Å². The van der Waals surface area contributed by atoms with Crippen molar-refractivity contribution in [3.05, 3.63) is 0 Å². The molecule has 1 aliphatic rings. The van der Waals surface area contributed by atoms with Crippen LogP contribution < -0.4 is 0 Å². The van der Waals surface area contributed by atoms with Crippen molar-refractivity contribution >= 4 is 47.0 Å². The van der Waals surface area contributed by atoms with Crippen molar-refractivity contribution in [3.63, 3.8) is 0 Å². The molecule has 0 aromatic rings. The maximum Gasteiger partial charge on any atom is 0.00238 e. The van der Waals surface area contributed by atoms with Crippen LogP contribution in [0, 0.1) is 0 Å². The lowest BCUT2D eigenvalue weighted by atomic mass is 10.9. The summed E-state index contributed by atoms with van der Waals surface area (Å²) < 4.78 is 0. The molecule has 0 radical (unpaired) electrons. The van der Waals surface area contributed by atoms with E-state index >= 15 is 0 Å². The van der Waals surface area contributed by atoms with Crippen molar-refractivity contribution in [1.29, 1.82) is 0 Å². The summed E-state index contributed by atoms with van der Waals surface area (Å²) in [5, 5.41) is 0. The van der Waals surface area contributed by atoms with Gasteiger partial charge in [0.2, 0.25) is 0 Å². The fourth-order valence-electron chi connectivity index (χ4n) is 0.440. The number of rotatable bonds is 0. The van der Waals surface area contributed by atoms with Crippen molar-refractivity contribution in [2.75, 3.05) is 48.0 Å². The Morgan fingerprint density at radius 1 is 0.667 bits per heavy atom. The van der Waals surface area contributed by atoms with E-state index in [2.05, 4.69) is 23.5 Å². The highest BCUT2D eigenvalue weighted by Crippen LogP contribution is 2.14. The van der Waals surface area contributed by atoms with Gasteiger partial charge in [-0.3, -0.25) is 0 Å². The highest BCUT2D eigenvalue weighted by molar-refractivity contribution is 8.06. The quantitative estimate of drug-likeness (QED) is 0.640. The summed E-state index contributed by atoms with van der Waals surface area (Å²) in [6, 6.07) is 0. The average Bonchev–Trinajstić information content (AvgIpc) is 2.10. The summed E-state index contributed by atoms with van der Waals surface area (Å²) in [5.74, 6) is 5.52. The van der Waals surface area contributed by atoms with Gasteiger partial charge in [-0.25, -0.2) is 0 Å². The largest absolute Gasteiger partial charge is 0.169 e. The van der Waals surface area contributed by atoms with Gasteiger partial charge in [-0.2, -0.15) is 47.0 Å². The van der Waals surface area contributed by atoms with Crippen LogP contribution in [0.3, 0.4) is 0 Å². The first-order valence-corrected chi connectivity index (χ1v) is 9.36. The Bertz CT molecular complexity index is 41.5. The standard InChI is InChI=1S/C4H8S2.2C2H6S/c1-2-6-4-3-5-1;2*1-3-2/h1-4H2;2*1-2H3. The monoisotopic (exact) mass is 244 g/mol. The van der Waals surface area contributed by atoms with Gasteiger partial charge in [0.15, 0.2) is 0 Å². The zero-order valence-electron chi connectivity index (χ0n) is 8.46. The molecule has 0 aromatic carbocycles. The summed E-state index contributed by atoms with van der Waals surface area (Å²) >= 11 is 7.65. The second kappa shape index (κ2) is 18.2. The highest BCUT2D eigenvalue weighted by Gasteiger charge is 1.95. The zero-order chi connectivity index (χ0) is 9.66. The third-order valence-electron chi connectivity index (χ3n) is 0.744. The first-order valence-electron chi connectivity index (χ1n) is 3.79. The van der Waals surface area contributed by atoms with Crippen LogP contribution >= 0.6 is 47.0 Å². The molecule has 1 saturated heterocycles. The zero-order valence-corrected chi connectivity index (χ0v) is 11.7. The molecule has 12 heavy (non-hydrogen) atoms. The smallest absolute Gasteiger partial charge is 0.00238 e. The molecular formula is C8H20S4. The molecule has 1 rings (SSSR count). The van der Waals surface area contributed by atoms with Crippen LogP contribution in [0.25, 0.3) is 0 Å². The molecule has 0 N–H and O–H groups in total. The van der Waals surface area contributed by atoms with Crippen LogP contribution in [0.4, 0.5) is 0 Å². The maximum atomic E-state index is 2.07. The number of thioether (sulfide) groups is 4. The molecule has 1 fully saturated rings. The minimum atomic E-state index is 1.38. The van der Waals surface area contributed by atoms with E-state index < -0.39 is 0 Å². The van der Waals surface area contributed by atoms with Gasteiger partial charge in [0, 0.05) is 23.0 Å². The molecule has 0 spiro atoms. The third kappa shape index (κ3) is 22.5. The van der Waals surface area contributed by atoms with Gasteiger partial charge in [-0.15, -0.1) is 0 Å². The molecule has 0 saturated carbocycles. The second-order valence-electron chi connectivity index (χ2n) is 2.04. The average molecular weight is 245 g/mol. The molecule has 0 bridgehead atoms. The molecule has 0 aromatic heterocycles. The van der Waals surface area contributed by atoms with Crippen molar-refractivity contribution in [2.24, 2.45) is 0 Å². The van der Waals surface area contributed by atoms with E-state index in [0.29, 0.717) is 0 Å². The molecular weight excluding hydrogens is 224 g/mol. The Morgan fingerprint density at radius 2 is 0.833 bits per heavy atom. The molecule has 0 aliphatic carbocycles. The summed E-state index contributed by atoms with van der Waals surface area (Å²) in [6.07, 6.45) is 8.17. The van der Waals surface area contributed by atoms with E-state index in [1.54, 1.807) is 23.5 Å². The van der Waals surface area contributed by atoms with Crippen molar-refractivity contribution < 1.29 is 0 Å². The van der Waals surface area contributed by atoms with Crippen LogP contribution in [-0.2, 0) is 0 Å². The van der Waals surface area contributed by atoms with Crippen LogP contribution in [0.2, 0.25) is 0 Å². The Morgan fingerprint density at radius 3 is 0.917 bits per heavy atom. The lowest BCUT2D eigenvalue weighted by molar-refractivity contribution is 1.43. The molecule has 0 atom stereocenters. The van der Waals surface area contributed by atoms with E-state index in [0.717, 1.165) is 0 Å². The minimum absolute atomic E-state index is 1.38. The minimum Gasteiger partial charge on any atom is -0.169 e. The lowest BCUT2D eigenvalue weighted by Gasteiger charge is -2.05. The predicted molar refractivity (Wildman–Crippen MR) is 73.5 cm³/mol. The van der Waals surface area contributed by atoms with Crippen molar-refractivity contribution in [2.45, 2.75) is 0 Å². The predicted octanol–water partition coefficient (Wildman–Crippen LogP) is 3.42. The van der Waals surface area contributed by atoms with E-state index in [-0.39, 0.29) is 0 Å². The van der Waals surface area contributed by atoms with Crippen LogP contribution in [0.1, 0.15) is 0 Å². The van der Waals surface area contributed by atoms with E-state index in [1.165, 1.54) is 23.0 Å². The number of hydrogen-bond donors (Lipinski definition) is 0. The normalized spacial score (nSPS) is 15.0. The second-order valence-corrected chi connectivity index (χ2v) is 6.12. The Kier molecular flexibility index (Phi) is 24.1. The Labute approximate surface area is 94.8 Å². The topological polar surface area (TPSA) is 0 Å². The molecule has 76 valence electrons. The first kappa shape index (κ1) is 15.9. The molecule has 1 heterocycles. The van der Waals surface area contributed by atoms with Gasteiger partial charge in [0.1, 0.15) is 0 Å². The molecule has 0 unspecified atom stereocenters. The fourth-order valence-corrected chi connectivity index (χ4v) is 2.73. The Balaban J connectivity index is 0. The molecule has 1 aliphatic heterocycles. The SMILES string of the molecule is C1CSCCS1.CSC.CSC. The van der Waals surface area contributed by atoms with E-state index in [4.69, 9.17) is 0 Å². The molecule has 0 nitrogen and oxygen atoms in total. The van der Waals surface area contributed by atoms with Crippen molar-refractivity contribution in [1.82, 2.24) is 0 Å². The van der Waals surface area contributed by atoms with Gasteiger partial charge in [0.25, 0.3) is 0 Å². The van der Waals surface area contributed by atoms with Gasteiger partial charge in [-0.1, -0.05) is 0 Å². The highest BCUT2D eigenvalue weighted by atomic mass is 32.2. The maximum absolute atomic E-state index is 2.07. The van der Waals surface area contributed by atoms with Crippen LogP contribution in [0.15, 0.2) is 0 Å². The summed E-state index contributed by atoms with van der Waals surface area (Å²) in [5.41, 5.74) is 0. The summed E-state index contributed by atoms with van der Waals surface area (Å²) in [7, 11) is 0. The first-order chi connectivity index (χ1) is 5.83. The third-order valence-corrected chi connectivity index (χ3v) is 3.23. The van der Waals surface area contributed by atoms with E-state index in [9.17, 15) is 0 Å².